The molecular weight excluding hydrogens is 601 g/mol. The van der Waals surface area contributed by atoms with Crippen molar-refractivity contribution in [2.45, 2.75) is 38.3 Å². The van der Waals surface area contributed by atoms with Crippen LogP contribution in [0.5, 0.6) is 11.5 Å². The number of halogens is 2. The molecule has 4 rings (SSSR count). The van der Waals surface area contributed by atoms with E-state index in [-0.39, 0.29) is 29.0 Å². The Labute approximate surface area is 256 Å². The zero-order valence-electron chi connectivity index (χ0n) is 23.5. The summed E-state index contributed by atoms with van der Waals surface area (Å²) in [6.45, 7) is 6.03. The number of carbonyl (C=O) groups excluding carboxylic acids is 2. The Morgan fingerprint density at radius 1 is 0.905 bits per heavy atom. The van der Waals surface area contributed by atoms with E-state index in [1.807, 2.05) is 13.8 Å². The number of fused-ring (bicyclic) bond motifs is 1. The van der Waals surface area contributed by atoms with E-state index in [9.17, 15) is 18.0 Å². The van der Waals surface area contributed by atoms with Crippen molar-refractivity contribution in [3.8, 4) is 11.5 Å². The molecule has 0 bridgehead atoms. The van der Waals surface area contributed by atoms with Crippen molar-refractivity contribution in [1.82, 2.24) is 10.2 Å². The molecule has 0 saturated carbocycles. The lowest BCUT2D eigenvalue weighted by Gasteiger charge is -2.32. The Balaban J connectivity index is 1.72. The number of carbonyl (C=O) groups is 2. The van der Waals surface area contributed by atoms with E-state index in [1.165, 1.54) is 23.1 Å². The van der Waals surface area contributed by atoms with Crippen molar-refractivity contribution in [3.05, 3.63) is 82.3 Å². The average Bonchev–Trinajstić information content (AvgIpc) is 2.98. The fourth-order valence-corrected chi connectivity index (χ4v) is 6.05. The van der Waals surface area contributed by atoms with Crippen LogP contribution in [0.3, 0.4) is 0 Å². The summed E-state index contributed by atoms with van der Waals surface area (Å²) in [5, 5.41) is 3.50. The first kappa shape index (κ1) is 31.5. The van der Waals surface area contributed by atoms with Crippen LogP contribution in [0.25, 0.3) is 0 Å². The molecule has 42 heavy (non-hydrogen) atoms. The minimum atomic E-state index is -4.21. The van der Waals surface area contributed by atoms with Gasteiger partial charge < -0.3 is 19.7 Å². The van der Waals surface area contributed by atoms with Crippen molar-refractivity contribution >= 4 is 50.7 Å². The van der Waals surface area contributed by atoms with Gasteiger partial charge in [0, 0.05) is 19.2 Å². The molecule has 9 nitrogen and oxygen atoms in total. The van der Waals surface area contributed by atoms with Gasteiger partial charge in [0.05, 0.1) is 20.6 Å². The molecule has 0 fully saturated rings. The third-order valence-corrected chi connectivity index (χ3v) is 9.14. The van der Waals surface area contributed by atoms with Crippen molar-refractivity contribution in [3.63, 3.8) is 0 Å². The van der Waals surface area contributed by atoms with E-state index in [2.05, 4.69) is 5.32 Å². The fraction of sp³-hybridized carbons (Fsp3) is 0.333. The van der Waals surface area contributed by atoms with Crippen LogP contribution in [-0.4, -0.2) is 57.5 Å². The maximum atomic E-state index is 14.1. The summed E-state index contributed by atoms with van der Waals surface area (Å²) in [7, 11) is -4.21. The number of hydrogen-bond donors (Lipinski definition) is 1. The maximum Gasteiger partial charge on any atom is 0.264 e. The van der Waals surface area contributed by atoms with Crippen LogP contribution < -0.4 is 19.1 Å². The van der Waals surface area contributed by atoms with Gasteiger partial charge in [-0.05, 0) is 54.8 Å². The van der Waals surface area contributed by atoms with Gasteiger partial charge in [-0.2, -0.15) is 0 Å². The molecule has 0 spiro atoms. The predicted octanol–water partition coefficient (Wildman–Crippen LogP) is 5.15. The van der Waals surface area contributed by atoms with Crippen molar-refractivity contribution in [2.75, 3.05) is 30.6 Å². The van der Waals surface area contributed by atoms with Crippen molar-refractivity contribution in [2.24, 2.45) is 5.92 Å². The summed E-state index contributed by atoms with van der Waals surface area (Å²) in [5.74, 6) is 0.0808. The molecule has 3 aromatic rings. The quantitative estimate of drug-likeness (QED) is 0.313. The summed E-state index contributed by atoms with van der Waals surface area (Å²) < 4.78 is 40.2. The highest BCUT2D eigenvalue weighted by Crippen LogP contribution is 2.36. The summed E-state index contributed by atoms with van der Waals surface area (Å²) in [5.41, 5.74) is 0.834. The first-order valence-corrected chi connectivity index (χ1v) is 15.7. The molecule has 0 aromatic heterocycles. The molecule has 2 amide bonds. The van der Waals surface area contributed by atoms with Gasteiger partial charge in [0.1, 0.15) is 25.8 Å². The predicted molar refractivity (Wildman–Crippen MR) is 163 cm³/mol. The number of nitrogens with zero attached hydrogens (tertiary/aromatic N) is 2. The highest BCUT2D eigenvalue weighted by Gasteiger charge is 2.33. The van der Waals surface area contributed by atoms with Gasteiger partial charge >= 0.3 is 0 Å². The first-order chi connectivity index (χ1) is 20.0. The Hall–Kier alpha value is -3.47. The molecule has 1 unspecified atom stereocenters. The number of anilines is 1. The minimum Gasteiger partial charge on any atom is -0.486 e. The number of benzene rings is 3. The van der Waals surface area contributed by atoms with Crippen LogP contribution in [0.15, 0.2) is 71.6 Å². The molecule has 1 aliphatic rings. The lowest BCUT2D eigenvalue weighted by molar-refractivity contribution is -0.139. The number of amides is 2. The SMILES string of the molecule is CC(C)CNC(=O)C(C)N(Cc1ccc(Cl)c(Cl)c1)C(=O)CN(c1ccc2c(c1)OCCO2)S(=O)(=O)c1ccccc1. The molecule has 224 valence electrons. The zero-order chi connectivity index (χ0) is 30.4. The Kier molecular flexibility index (Phi) is 10.2. The minimum absolute atomic E-state index is 0.00597. The molecule has 0 saturated heterocycles. The highest BCUT2D eigenvalue weighted by molar-refractivity contribution is 7.92. The molecule has 0 radical (unpaired) electrons. The van der Waals surface area contributed by atoms with Crippen molar-refractivity contribution in [1.29, 1.82) is 0 Å². The van der Waals surface area contributed by atoms with Gasteiger partial charge in [0.15, 0.2) is 11.5 Å². The van der Waals surface area contributed by atoms with Crippen molar-refractivity contribution < 1.29 is 27.5 Å². The Morgan fingerprint density at radius 2 is 1.60 bits per heavy atom. The number of sulfonamides is 1. The first-order valence-electron chi connectivity index (χ1n) is 13.5. The average molecular weight is 635 g/mol. The van der Waals surface area contributed by atoms with Gasteiger partial charge in [0.25, 0.3) is 10.0 Å². The van der Waals surface area contributed by atoms with Crippen LogP contribution >= 0.6 is 23.2 Å². The monoisotopic (exact) mass is 633 g/mol. The molecular formula is C30H33Cl2N3O6S. The Bertz CT molecular complexity index is 1540. The lowest BCUT2D eigenvalue weighted by atomic mass is 10.1. The normalized spacial score (nSPS) is 13.4. The standard InChI is InChI=1S/C30H33Cl2N3O6S/c1-20(2)17-33-30(37)21(3)34(18-22-9-11-25(31)26(32)15-22)29(36)19-35(42(38,39)24-7-5-4-6-8-24)23-10-12-27-28(16-23)41-14-13-40-27/h4-12,15-16,20-21H,13-14,17-19H2,1-3H3,(H,33,37). The van der Waals surface area contributed by atoms with Gasteiger partial charge in [-0.15, -0.1) is 0 Å². The molecule has 3 aromatic carbocycles. The third kappa shape index (κ3) is 7.48. The highest BCUT2D eigenvalue weighted by atomic mass is 35.5. The molecule has 1 heterocycles. The van der Waals surface area contributed by atoms with E-state index in [4.69, 9.17) is 32.7 Å². The topological polar surface area (TPSA) is 105 Å². The molecule has 12 heteroatoms. The summed E-state index contributed by atoms with van der Waals surface area (Å²) in [6.07, 6.45) is 0. The van der Waals surface area contributed by atoms with Gasteiger partial charge in [-0.25, -0.2) is 8.42 Å². The molecule has 1 aliphatic heterocycles. The van der Waals surface area contributed by atoms with E-state index in [0.717, 1.165) is 4.31 Å². The van der Waals surface area contributed by atoms with Crippen LogP contribution in [-0.2, 0) is 26.2 Å². The summed E-state index contributed by atoms with van der Waals surface area (Å²) in [4.78, 5) is 28.5. The summed E-state index contributed by atoms with van der Waals surface area (Å²) >= 11 is 12.3. The number of rotatable bonds is 11. The number of hydrogen-bond acceptors (Lipinski definition) is 6. The van der Waals surface area contributed by atoms with Crippen LogP contribution in [0.4, 0.5) is 5.69 Å². The molecule has 1 atom stereocenters. The van der Waals surface area contributed by atoms with E-state index >= 15 is 0 Å². The van der Waals surface area contributed by atoms with Gasteiger partial charge in [0.2, 0.25) is 11.8 Å². The lowest BCUT2D eigenvalue weighted by Crippen LogP contribution is -2.51. The smallest absolute Gasteiger partial charge is 0.264 e. The second-order valence-corrected chi connectivity index (χ2v) is 12.9. The van der Waals surface area contributed by atoms with E-state index < -0.39 is 28.5 Å². The van der Waals surface area contributed by atoms with Crippen LogP contribution in [0, 0.1) is 5.92 Å². The number of nitrogens with one attached hydrogen (secondary N) is 1. The second-order valence-electron chi connectivity index (χ2n) is 10.2. The van der Waals surface area contributed by atoms with Crippen LogP contribution in [0.1, 0.15) is 26.3 Å². The third-order valence-electron chi connectivity index (χ3n) is 6.61. The zero-order valence-corrected chi connectivity index (χ0v) is 25.9. The van der Waals surface area contributed by atoms with Crippen LogP contribution in [0.2, 0.25) is 10.0 Å². The fourth-order valence-electron chi connectivity index (χ4n) is 4.31. The van der Waals surface area contributed by atoms with Gasteiger partial charge in [-0.3, -0.25) is 13.9 Å². The molecule has 1 N–H and O–H groups in total. The van der Waals surface area contributed by atoms with E-state index in [0.29, 0.717) is 46.9 Å². The second kappa shape index (κ2) is 13.7. The Morgan fingerprint density at radius 3 is 2.26 bits per heavy atom. The molecule has 0 aliphatic carbocycles. The number of ether oxygens (including phenoxy) is 2. The van der Waals surface area contributed by atoms with E-state index in [1.54, 1.807) is 55.5 Å². The summed E-state index contributed by atoms with van der Waals surface area (Å²) in [6, 6.07) is 16.5. The largest absolute Gasteiger partial charge is 0.486 e. The van der Waals surface area contributed by atoms with Gasteiger partial charge in [-0.1, -0.05) is 61.3 Å². The maximum absolute atomic E-state index is 14.1.